The molecule has 6 nitrogen and oxygen atoms in total. The van der Waals surface area contributed by atoms with Crippen LogP contribution in [0.3, 0.4) is 0 Å². The maximum absolute atomic E-state index is 12.2. The maximum atomic E-state index is 12.2. The second-order valence-corrected chi connectivity index (χ2v) is 6.79. The number of amides is 1. The molecule has 4 aromatic rings. The summed E-state index contributed by atoms with van der Waals surface area (Å²) >= 11 is 11.1. The lowest BCUT2D eigenvalue weighted by Crippen LogP contribution is -2.34. The Hall–Kier alpha value is -3.29. The third-order valence-electron chi connectivity index (χ3n) is 3.94. The number of nitrogens with zero attached hydrogens (tertiary/aromatic N) is 3. The monoisotopic (exact) mass is 407 g/mol. The minimum atomic E-state index is -0.337. The highest BCUT2D eigenvalue weighted by atomic mass is 35.5. The summed E-state index contributed by atoms with van der Waals surface area (Å²) in [5, 5.41) is 15.2. The normalized spacial score (nSPS) is 10.6. The number of carbonyl (C=O) groups is 1. The summed E-state index contributed by atoms with van der Waals surface area (Å²) in [4.78, 5) is 13.8. The molecule has 0 fully saturated rings. The summed E-state index contributed by atoms with van der Waals surface area (Å²) in [6.45, 7) is 0. The van der Waals surface area contributed by atoms with Gasteiger partial charge in [-0.15, -0.1) is 10.2 Å². The first kappa shape index (κ1) is 18.1. The molecule has 0 bridgehead atoms. The van der Waals surface area contributed by atoms with Crippen LogP contribution in [0.5, 0.6) is 0 Å². The average molecular weight is 408 g/mol. The quantitative estimate of drug-likeness (QED) is 0.498. The van der Waals surface area contributed by atoms with Crippen LogP contribution in [0.1, 0.15) is 10.4 Å². The molecule has 0 aliphatic heterocycles. The van der Waals surface area contributed by atoms with Crippen molar-refractivity contribution in [1.29, 1.82) is 0 Å². The van der Waals surface area contributed by atoms with E-state index in [-0.39, 0.29) is 11.0 Å². The first-order chi connectivity index (χ1) is 13.6. The SMILES string of the molecule is O=C(NC(=S)Nc1ccc2nn(-c3ccccc3)nc2c1)c1cccc(Cl)c1. The molecule has 0 atom stereocenters. The van der Waals surface area contributed by atoms with Gasteiger partial charge in [-0.3, -0.25) is 10.1 Å². The first-order valence-electron chi connectivity index (χ1n) is 8.39. The van der Waals surface area contributed by atoms with Gasteiger partial charge < -0.3 is 5.32 Å². The Morgan fingerprint density at radius 2 is 1.71 bits per heavy atom. The number of benzene rings is 3. The molecule has 0 aliphatic rings. The van der Waals surface area contributed by atoms with Crippen molar-refractivity contribution < 1.29 is 4.79 Å². The second kappa shape index (κ2) is 7.75. The van der Waals surface area contributed by atoms with Crippen LogP contribution in [0.15, 0.2) is 72.8 Å². The van der Waals surface area contributed by atoms with Crippen LogP contribution < -0.4 is 10.6 Å². The van der Waals surface area contributed by atoms with Gasteiger partial charge in [0.25, 0.3) is 5.91 Å². The van der Waals surface area contributed by atoms with Crippen molar-refractivity contribution in [2.45, 2.75) is 0 Å². The number of rotatable bonds is 3. The van der Waals surface area contributed by atoms with Crippen LogP contribution in [-0.2, 0) is 0 Å². The van der Waals surface area contributed by atoms with E-state index in [2.05, 4.69) is 20.8 Å². The Balaban J connectivity index is 1.48. The molecule has 0 unspecified atom stereocenters. The van der Waals surface area contributed by atoms with Crippen LogP contribution in [0.2, 0.25) is 5.02 Å². The Kier molecular flexibility index (Phi) is 5.01. The topological polar surface area (TPSA) is 71.8 Å². The van der Waals surface area contributed by atoms with Gasteiger partial charge in [0.15, 0.2) is 5.11 Å². The van der Waals surface area contributed by atoms with Crippen molar-refractivity contribution in [3.63, 3.8) is 0 Å². The predicted octanol–water partition coefficient (Wildman–Crippen LogP) is 4.20. The van der Waals surface area contributed by atoms with E-state index in [1.54, 1.807) is 29.1 Å². The smallest absolute Gasteiger partial charge is 0.257 e. The number of halogens is 1. The van der Waals surface area contributed by atoms with Crippen LogP contribution in [0.4, 0.5) is 5.69 Å². The standard InChI is InChI=1S/C20H14ClN5OS/c21-14-6-4-5-13(11-14)19(27)23-20(28)22-15-9-10-17-18(12-15)25-26(24-17)16-7-2-1-3-8-16/h1-12H,(H2,22,23,27,28). The lowest BCUT2D eigenvalue weighted by atomic mass is 10.2. The molecule has 28 heavy (non-hydrogen) atoms. The van der Waals surface area contributed by atoms with Crippen molar-refractivity contribution in [3.8, 4) is 5.69 Å². The van der Waals surface area contributed by atoms with E-state index in [9.17, 15) is 4.79 Å². The molecule has 0 aliphatic carbocycles. The minimum Gasteiger partial charge on any atom is -0.332 e. The maximum Gasteiger partial charge on any atom is 0.257 e. The van der Waals surface area contributed by atoms with Gasteiger partial charge in [-0.1, -0.05) is 35.9 Å². The highest BCUT2D eigenvalue weighted by Gasteiger charge is 2.10. The molecular weight excluding hydrogens is 394 g/mol. The summed E-state index contributed by atoms with van der Waals surface area (Å²) in [5.41, 5.74) is 3.46. The van der Waals surface area contributed by atoms with E-state index in [1.807, 2.05) is 48.5 Å². The number of carbonyl (C=O) groups excluding carboxylic acids is 1. The highest BCUT2D eigenvalue weighted by Crippen LogP contribution is 2.17. The van der Waals surface area contributed by atoms with Gasteiger partial charge >= 0.3 is 0 Å². The average Bonchev–Trinajstić information content (AvgIpc) is 3.12. The third kappa shape index (κ3) is 4.00. The van der Waals surface area contributed by atoms with Gasteiger partial charge in [0.1, 0.15) is 11.0 Å². The zero-order chi connectivity index (χ0) is 19.5. The lowest BCUT2D eigenvalue weighted by molar-refractivity contribution is 0.0977. The lowest BCUT2D eigenvalue weighted by Gasteiger charge is -2.09. The molecule has 3 aromatic carbocycles. The zero-order valence-corrected chi connectivity index (χ0v) is 16.0. The predicted molar refractivity (Wildman–Crippen MR) is 114 cm³/mol. The fourth-order valence-corrected chi connectivity index (χ4v) is 3.04. The Bertz CT molecular complexity index is 1180. The summed E-state index contributed by atoms with van der Waals surface area (Å²) in [6.07, 6.45) is 0. The van der Waals surface area contributed by atoms with Crippen molar-refractivity contribution in [2.24, 2.45) is 0 Å². The van der Waals surface area contributed by atoms with Crippen LogP contribution in [0, 0.1) is 0 Å². The van der Waals surface area contributed by atoms with Gasteiger partial charge in [-0.25, -0.2) is 0 Å². The summed E-state index contributed by atoms with van der Waals surface area (Å²) in [7, 11) is 0. The molecule has 0 radical (unpaired) electrons. The molecule has 1 aromatic heterocycles. The zero-order valence-electron chi connectivity index (χ0n) is 14.5. The van der Waals surface area contributed by atoms with Crippen molar-refractivity contribution in [3.05, 3.63) is 83.4 Å². The van der Waals surface area contributed by atoms with Crippen LogP contribution in [-0.4, -0.2) is 26.0 Å². The minimum absolute atomic E-state index is 0.180. The summed E-state index contributed by atoms with van der Waals surface area (Å²) < 4.78 is 0. The molecular formula is C20H14ClN5OS. The highest BCUT2D eigenvalue weighted by molar-refractivity contribution is 7.80. The summed E-state index contributed by atoms with van der Waals surface area (Å²) in [5.74, 6) is -0.337. The molecule has 2 N–H and O–H groups in total. The fraction of sp³-hybridized carbons (Fsp3) is 0. The molecule has 138 valence electrons. The molecule has 0 saturated carbocycles. The number of anilines is 1. The molecule has 1 heterocycles. The van der Waals surface area contributed by atoms with E-state index < -0.39 is 0 Å². The van der Waals surface area contributed by atoms with Gasteiger partial charge in [-0.2, -0.15) is 4.80 Å². The molecule has 4 rings (SSSR count). The number of para-hydroxylation sites is 1. The first-order valence-corrected chi connectivity index (χ1v) is 9.17. The molecule has 0 spiro atoms. The van der Waals surface area contributed by atoms with Crippen molar-refractivity contribution in [2.75, 3.05) is 5.32 Å². The van der Waals surface area contributed by atoms with Crippen molar-refractivity contribution in [1.82, 2.24) is 20.3 Å². The van der Waals surface area contributed by atoms with E-state index in [1.165, 1.54) is 0 Å². The largest absolute Gasteiger partial charge is 0.332 e. The molecule has 8 heteroatoms. The Morgan fingerprint density at radius 3 is 2.50 bits per heavy atom. The number of thiocarbonyl (C=S) groups is 1. The van der Waals surface area contributed by atoms with Crippen LogP contribution in [0.25, 0.3) is 16.7 Å². The molecule has 1 amide bonds. The second-order valence-electron chi connectivity index (χ2n) is 5.95. The van der Waals surface area contributed by atoms with E-state index >= 15 is 0 Å². The fourth-order valence-electron chi connectivity index (χ4n) is 2.64. The van der Waals surface area contributed by atoms with Gasteiger partial charge in [0.2, 0.25) is 0 Å². The molecule has 0 saturated heterocycles. The summed E-state index contributed by atoms with van der Waals surface area (Å²) in [6, 6.07) is 21.8. The number of fused-ring (bicyclic) bond motifs is 1. The Morgan fingerprint density at radius 1 is 0.929 bits per heavy atom. The van der Waals surface area contributed by atoms with Gasteiger partial charge in [0, 0.05) is 16.3 Å². The van der Waals surface area contributed by atoms with Gasteiger partial charge in [-0.05, 0) is 60.7 Å². The van der Waals surface area contributed by atoms with Gasteiger partial charge in [0.05, 0.1) is 5.69 Å². The van der Waals surface area contributed by atoms with E-state index in [4.69, 9.17) is 23.8 Å². The third-order valence-corrected chi connectivity index (χ3v) is 4.38. The van der Waals surface area contributed by atoms with Crippen LogP contribution >= 0.6 is 23.8 Å². The Labute approximate surface area is 171 Å². The number of hydrogen-bond donors (Lipinski definition) is 2. The number of nitrogens with one attached hydrogen (secondary N) is 2. The number of aromatic nitrogens is 3. The van der Waals surface area contributed by atoms with E-state index in [0.717, 1.165) is 11.2 Å². The number of hydrogen-bond acceptors (Lipinski definition) is 4. The van der Waals surface area contributed by atoms with Crippen molar-refractivity contribution >= 4 is 51.6 Å². The van der Waals surface area contributed by atoms with E-state index in [0.29, 0.717) is 21.8 Å².